The molecule has 0 fully saturated rings. The molecule has 0 saturated heterocycles. The molecule has 0 aromatic heterocycles. The first-order valence-electron chi connectivity index (χ1n) is 8.61. The number of para-hydroxylation sites is 1. The first-order valence-corrected chi connectivity index (χ1v) is 9.90. The molecular formula is C20H20Cl3NO4. The van der Waals surface area contributed by atoms with Crippen molar-refractivity contribution in [2.75, 3.05) is 17.8 Å². The number of unbranched alkanes of at least 4 members (excludes halogenated alkanes) is 1. The Morgan fingerprint density at radius 2 is 1.64 bits per heavy atom. The summed E-state index contributed by atoms with van der Waals surface area (Å²) in [4.78, 5) is 25.0. The summed E-state index contributed by atoms with van der Waals surface area (Å²) in [6.07, 6.45) is 1.26. The molecule has 0 bridgehead atoms. The van der Waals surface area contributed by atoms with E-state index in [-0.39, 0.29) is 22.3 Å². The van der Waals surface area contributed by atoms with Gasteiger partial charge in [0.05, 0.1) is 22.3 Å². The number of esters is 2. The number of ether oxygens (including phenoxy) is 2. The van der Waals surface area contributed by atoms with Crippen molar-refractivity contribution in [3.8, 4) is 0 Å². The lowest BCUT2D eigenvalue weighted by Gasteiger charge is -2.33. The molecular weight excluding hydrogens is 425 g/mol. The van der Waals surface area contributed by atoms with Crippen LogP contribution in [0.3, 0.4) is 0 Å². The highest BCUT2D eigenvalue weighted by atomic mass is 35.5. The predicted molar refractivity (Wildman–Crippen MR) is 111 cm³/mol. The smallest absolute Gasteiger partial charge is 0.377 e. The number of alkyl halides is 1. The summed E-state index contributed by atoms with van der Waals surface area (Å²) < 4.78 is 10.9. The van der Waals surface area contributed by atoms with E-state index in [0.29, 0.717) is 24.3 Å². The number of benzene rings is 2. The Balaban J connectivity index is 2.50. The third-order valence-corrected chi connectivity index (χ3v) is 4.69. The van der Waals surface area contributed by atoms with Crippen molar-refractivity contribution >= 4 is 52.4 Å². The van der Waals surface area contributed by atoms with Gasteiger partial charge in [-0.15, -0.1) is 11.6 Å². The summed E-state index contributed by atoms with van der Waals surface area (Å²) in [5.41, 5.74) is -1.35. The van der Waals surface area contributed by atoms with Gasteiger partial charge in [0.1, 0.15) is 0 Å². The summed E-state index contributed by atoms with van der Waals surface area (Å²) in [5.74, 6) is -1.02. The van der Waals surface area contributed by atoms with Gasteiger partial charge < -0.3 is 14.8 Å². The molecule has 2 aromatic rings. The van der Waals surface area contributed by atoms with Crippen molar-refractivity contribution in [3.63, 3.8) is 0 Å². The molecule has 0 aliphatic heterocycles. The summed E-state index contributed by atoms with van der Waals surface area (Å²) in [6.45, 7) is 1.33. The Morgan fingerprint density at radius 3 is 2.21 bits per heavy atom. The van der Waals surface area contributed by atoms with E-state index in [1.54, 1.807) is 48.5 Å². The van der Waals surface area contributed by atoms with E-state index in [1.807, 2.05) is 0 Å². The average Bonchev–Trinajstić information content (AvgIpc) is 2.67. The Bertz CT molecular complexity index is 796. The van der Waals surface area contributed by atoms with Crippen LogP contribution >= 0.6 is 34.8 Å². The number of carbonyl (C=O) groups is 2. The Hall–Kier alpha value is -1.95. The van der Waals surface area contributed by atoms with Crippen LogP contribution in [-0.2, 0) is 24.8 Å². The zero-order chi connectivity index (χ0) is 20.6. The van der Waals surface area contributed by atoms with Gasteiger partial charge in [-0.1, -0.05) is 59.6 Å². The fraction of sp³-hybridized carbons (Fsp3) is 0.300. The van der Waals surface area contributed by atoms with Crippen LogP contribution in [-0.4, -0.2) is 24.4 Å². The van der Waals surface area contributed by atoms with Crippen LogP contribution in [0.4, 0.5) is 5.69 Å². The lowest BCUT2D eigenvalue weighted by Crippen LogP contribution is -2.48. The van der Waals surface area contributed by atoms with E-state index in [0.717, 1.165) is 0 Å². The predicted octanol–water partition coefficient (Wildman–Crippen LogP) is 5.38. The first kappa shape index (κ1) is 22.3. The van der Waals surface area contributed by atoms with Crippen LogP contribution < -0.4 is 5.32 Å². The molecule has 0 aliphatic carbocycles. The van der Waals surface area contributed by atoms with Crippen molar-refractivity contribution in [1.82, 2.24) is 0 Å². The third kappa shape index (κ3) is 5.53. The molecule has 0 spiro atoms. The summed E-state index contributed by atoms with van der Waals surface area (Å²) in [6, 6.07) is 13.3. The summed E-state index contributed by atoms with van der Waals surface area (Å²) in [5, 5.41) is 3.43. The number of rotatable bonds is 9. The molecule has 5 nitrogen and oxygen atoms in total. The normalized spacial score (nSPS) is 12.7. The van der Waals surface area contributed by atoms with Crippen LogP contribution in [0.1, 0.15) is 25.3 Å². The van der Waals surface area contributed by atoms with Crippen molar-refractivity contribution in [1.29, 1.82) is 0 Å². The van der Waals surface area contributed by atoms with Crippen LogP contribution in [0.15, 0.2) is 48.5 Å². The number of carbonyl (C=O) groups excluding carboxylic acids is 2. The van der Waals surface area contributed by atoms with Gasteiger partial charge in [-0.3, -0.25) is 4.79 Å². The van der Waals surface area contributed by atoms with Gasteiger partial charge in [0.2, 0.25) is 0 Å². The summed E-state index contributed by atoms with van der Waals surface area (Å²) >= 11 is 18.2. The van der Waals surface area contributed by atoms with Gasteiger partial charge in [-0.25, -0.2) is 4.79 Å². The standard InChI is InChI=1S/C20H20Cl3NO4/c1-14(25)28-20(15-8-3-2-4-9-15,19(26)27-13-6-5-12-21)24-18-16(22)10-7-11-17(18)23/h2-4,7-11,24H,5-6,12-13H2,1H3. The van der Waals surface area contributed by atoms with E-state index >= 15 is 0 Å². The minimum atomic E-state index is -1.96. The highest BCUT2D eigenvalue weighted by Gasteiger charge is 2.46. The van der Waals surface area contributed by atoms with Gasteiger partial charge in [-0.05, 0) is 25.0 Å². The highest BCUT2D eigenvalue weighted by molar-refractivity contribution is 6.39. The molecule has 1 unspecified atom stereocenters. The van der Waals surface area contributed by atoms with Crippen LogP contribution in [0, 0.1) is 0 Å². The molecule has 0 heterocycles. The molecule has 0 radical (unpaired) electrons. The van der Waals surface area contributed by atoms with E-state index < -0.39 is 17.7 Å². The molecule has 1 atom stereocenters. The van der Waals surface area contributed by atoms with Crippen LogP contribution in [0.2, 0.25) is 10.0 Å². The maximum atomic E-state index is 13.1. The average molecular weight is 445 g/mol. The first-order chi connectivity index (χ1) is 13.4. The minimum absolute atomic E-state index is 0.124. The lowest BCUT2D eigenvalue weighted by molar-refractivity contribution is -0.179. The van der Waals surface area contributed by atoms with Crippen molar-refractivity contribution in [3.05, 3.63) is 64.1 Å². The van der Waals surface area contributed by atoms with E-state index in [9.17, 15) is 9.59 Å². The van der Waals surface area contributed by atoms with Crippen molar-refractivity contribution in [2.24, 2.45) is 0 Å². The number of hydrogen-bond acceptors (Lipinski definition) is 5. The molecule has 2 aromatic carbocycles. The monoisotopic (exact) mass is 443 g/mol. The van der Waals surface area contributed by atoms with Gasteiger partial charge in [0, 0.05) is 18.4 Å². The van der Waals surface area contributed by atoms with E-state index in [1.165, 1.54) is 6.92 Å². The Labute approximate surface area is 178 Å². The SMILES string of the molecule is CC(=O)OC(Nc1c(Cl)cccc1Cl)(C(=O)OCCCCCl)c1ccccc1. The van der Waals surface area contributed by atoms with Crippen molar-refractivity contribution in [2.45, 2.75) is 25.5 Å². The summed E-state index contributed by atoms with van der Waals surface area (Å²) in [7, 11) is 0. The Morgan fingerprint density at radius 1 is 1.00 bits per heavy atom. The van der Waals surface area contributed by atoms with Crippen LogP contribution in [0.25, 0.3) is 0 Å². The second kappa shape index (κ2) is 10.6. The van der Waals surface area contributed by atoms with Crippen LogP contribution in [0.5, 0.6) is 0 Å². The minimum Gasteiger partial charge on any atom is -0.461 e. The van der Waals surface area contributed by atoms with Gasteiger partial charge in [-0.2, -0.15) is 0 Å². The molecule has 8 heteroatoms. The fourth-order valence-electron chi connectivity index (χ4n) is 2.51. The zero-order valence-electron chi connectivity index (χ0n) is 15.2. The third-order valence-electron chi connectivity index (χ3n) is 3.79. The quantitative estimate of drug-likeness (QED) is 0.243. The highest BCUT2D eigenvalue weighted by Crippen LogP contribution is 2.37. The Kier molecular flexibility index (Phi) is 8.42. The number of nitrogens with one attached hydrogen (secondary N) is 1. The zero-order valence-corrected chi connectivity index (χ0v) is 17.5. The molecule has 1 N–H and O–H groups in total. The second-order valence-electron chi connectivity index (χ2n) is 5.89. The largest absolute Gasteiger partial charge is 0.461 e. The fourth-order valence-corrected chi connectivity index (χ4v) is 3.19. The maximum Gasteiger partial charge on any atom is 0.377 e. The molecule has 28 heavy (non-hydrogen) atoms. The van der Waals surface area contributed by atoms with Gasteiger partial charge in [0.25, 0.3) is 0 Å². The topological polar surface area (TPSA) is 64.6 Å². The van der Waals surface area contributed by atoms with E-state index in [4.69, 9.17) is 44.3 Å². The molecule has 150 valence electrons. The molecule has 0 saturated carbocycles. The number of anilines is 1. The van der Waals surface area contributed by atoms with Crippen molar-refractivity contribution < 1.29 is 19.1 Å². The number of hydrogen-bond donors (Lipinski definition) is 1. The molecule has 0 aliphatic rings. The number of halogens is 3. The van der Waals surface area contributed by atoms with E-state index in [2.05, 4.69) is 5.32 Å². The lowest BCUT2D eigenvalue weighted by atomic mass is 10.0. The van der Waals surface area contributed by atoms with Gasteiger partial charge in [0.15, 0.2) is 0 Å². The van der Waals surface area contributed by atoms with Gasteiger partial charge >= 0.3 is 17.7 Å². The maximum absolute atomic E-state index is 13.1. The second-order valence-corrected chi connectivity index (χ2v) is 7.09. The molecule has 0 amide bonds. The molecule has 2 rings (SSSR count).